The number of benzene rings is 2. The Kier molecular flexibility index (Phi) is 4.10. The maximum absolute atomic E-state index is 11.2. The molecule has 1 aliphatic rings. The number of carboxylic acid groups (broad SMARTS) is 1. The predicted octanol–water partition coefficient (Wildman–Crippen LogP) is 3.50. The van der Waals surface area contributed by atoms with Gasteiger partial charge in [0.25, 0.3) is 0 Å². The number of hydrogen-bond acceptors (Lipinski definition) is 2. The van der Waals surface area contributed by atoms with Gasteiger partial charge in [-0.05, 0) is 0 Å². The van der Waals surface area contributed by atoms with Crippen molar-refractivity contribution in [2.75, 3.05) is 0 Å². The van der Waals surface area contributed by atoms with Crippen LogP contribution in [0.15, 0.2) is 50.3 Å². The summed E-state index contributed by atoms with van der Waals surface area (Å²) in [6.07, 6.45) is 2.13. The molecule has 1 heterocycles. The Morgan fingerprint density at radius 2 is 1.95 bits per heavy atom. The van der Waals surface area contributed by atoms with Gasteiger partial charge in [-0.2, -0.15) is 0 Å². The van der Waals surface area contributed by atoms with Crippen molar-refractivity contribution in [3.05, 3.63) is 56.6 Å². The van der Waals surface area contributed by atoms with Crippen molar-refractivity contribution >= 4 is 60.1 Å². The quantitative estimate of drug-likeness (QED) is 0.792. The molecule has 0 aromatic heterocycles. The average Bonchev–Trinajstić information content (AvgIpc) is 2.89. The van der Waals surface area contributed by atoms with Gasteiger partial charge in [0, 0.05) is 0 Å². The van der Waals surface area contributed by atoms with Gasteiger partial charge in [-0.1, -0.05) is 0 Å². The Morgan fingerprint density at radius 1 is 1.20 bits per heavy atom. The average molecular weight is 407 g/mol. The van der Waals surface area contributed by atoms with Gasteiger partial charge in [-0.3, -0.25) is 0 Å². The molecule has 0 unspecified atom stereocenters. The Morgan fingerprint density at radius 3 is 2.65 bits per heavy atom. The van der Waals surface area contributed by atoms with Crippen LogP contribution in [-0.2, 0) is 0 Å². The van der Waals surface area contributed by atoms with E-state index in [1.54, 1.807) is 17.8 Å². The number of carbonyl (C=O) groups is 1. The zero-order valence-corrected chi connectivity index (χ0v) is 14.7. The van der Waals surface area contributed by atoms with E-state index in [-0.39, 0.29) is 0 Å². The van der Waals surface area contributed by atoms with E-state index in [2.05, 4.69) is 10.2 Å². The van der Waals surface area contributed by atoms with E-state index < -0.39 is 27.1 Å². The van der Waals surface area contributed by atoms with Crippen LogP contribution >= 0.6 is 23.4 Å². The van der Waals surface area contributed by atoms with E-state index in [1.807, 2.05) is 30.3 Å². The van der Waals surface area contributed by atoms with Gasteiger partial charge in [-0.25, -0.2) is 0 Å². The third-order valence-electron chi connectivity index (χ3n) is 2.92. The van der Waals surface area contributed by atoms with Crippen LogP contribution in [0.4, 0.5) is 0 Å². The van der Waals surface area contributed by atoms with Crippen LogP contribution in [-0.4, -0.2) is 32.2 Å². The molecule has 0 aliphatic carbocycles. The van der Waals surface area contributed by atoms with E-state index in [0.29, 0.717) is 10.6 Å². The summed E-state index contributed by atoms with van der Waals surface area (Å²) >= 11 is 6.73. The molecule has 0 atom stereocenters. The number of rotatable bonds is 3. The Bertz CT molecular complexity index is 711. The fourth-order valence-electron chi connectivity index (χ4n) is 1.97. The second-order valence-corrected chi connectivity index (χ2v) is 9.14. The van der Waals surface area contributed by atoms with E-state index in [0.717, 1.165) is 9.79 Å². The molecule has 2 nitrogen and oxygen atoms in total. The molecule has 0 fully saturated rings. The molecule has 5 heteroatoms. The molecule has 2 radical (unpaired) electrons. The number of halogens is 1. The molecular formula is C15H9ClO2SSn. The second kappa shape index (κ2) is 5.83. The minimum absolute atomic E-state index is 0.379. The first-order valence-corrected chi connectivity index (χ1v) is 10.2. The molecule has 0 spiro atoms. The normalized spacial score (nSPS) is 12.4. The Balaban J connectivity index is 2.01. The first kappa shape index (κ1) is 14.0. The molecule has 0 amide bonds. The van der Waals surface area contributed by atoms with Crippen LogP contribution in [0.5, 0.6) is 0 Å². The van der Waals surface area contributed by atoms with Crippen molar-refractivity contribution in [2.45, 2.75) is 9.79 Å². The molecule has 0 bridgehead atoms. The first-order chi connectivity index (χ1) is 9.63. The van der Waals surface area contributed by atoms with Crippen molar-refractivity contribution in [1.29, 1.82) is 0 Å². The van der Waals surface area contributed by atoms with Crippen molar-refractivity contribution in [3.8, 4) is 0 Å². The summed E-state index contributed by atoms with van der Waals surface area (Å²) in [5, 5.41) is 9.92. The topological polar surface area (TPSA) is 37.3 Å². The number of fused-ring (bicyclic) bond motifs is 1. The molecule has 20 heavy (non-hydrogen) atoms. The first-order valence-electron chi connectivity index (χ1n) is 5.91. The zero-order valence-electron chi connectivity index (χ0n) is 10.3. The van der Waals surface area contributed by atoms with Crippen molar-refractivity contribution < 1.29 is 9.90 Å². The maximum atomic E-state index is 11.2. The standard InChI is InChI=1S/C15H9ClO2S.Sn/c1-2-10-3-4-11(15(17)18)9-14(10)19-13-7-5-12(16)6-8-13;/h1-2,4-9H,(H,17,18);. The Labute approximate surface area is 136 Å². The van der Waals surface area contributed by atoms with Crippen LogP contribution in [0.25, 0.3) is 6.08 Å². The van der Waals surface area contributed by atoms with Gasteiger partial charge in [0.05, 0.1) is 0 Å². The van der Waals surface area contributed by atoms with Gasteiger partial charge < -0.3 is 0 Å². The molecule has 0 saturated heterocycles. The van der Waals surface area contributed by atoms with Crippen molar-refractivity contribution in [1.82, 2.24) is 0 Å². The molecule has 1 N–H and O–H groups in total. The van der Waals surface area contributed by atoms with Crippen LogP contribution in [0.3, 0.4) is 0 Å². The molecule has 2 aromatic rings. The molecule has 98 valence electrons. The van der Waals surface area contributed by atoms with Crippen LogP contribution < -0.4 is 3.58 Å². The number of carboxylic acids is 1. The van der Waals surface area contributed by atoms with Gasteiger partial charge >= 0.3 is 136 Å². The minimum atomic E-state index is -0.864. The number of aromatic carboxylic acids is 1. The van der Waals surface area contributed by atoms with Crippen LogP contribution in [0.1, 0.15) is 15.9 Å². The predicted molar refractivity (Wildman–Crippen MR) is 83.4 cm³/mol. The van der Waals surface area contributed by atoms with Gasteiger partial charge in [0.2, 0.25) is 0 Å². The van der Waals surface area contributed by atoms with E-state index in [9.17, 15) is 9.90 Å². The Hall–Kier alpha value is -0.911. The summed E-state index contributed by atoms with van der Waals surface area (Å²) in [4.78, 5) is 13.3. The van der Waals surface area contributed by atoms with Gasteiger partial charge in [0.15, 0.2) is 0 Å². The third kappa shape index (κ3) is 2.89. The summed E-state index contributed by atoms with van der Waals surface area (Å²) in [5.74, 6) is -0.864. The van der Waals surface area contributed by atoms with Gasteiger partial charge in [-0.15, -0.1) is 0 Å². The summed E-state index contributed by atoms with van der Waals surface area (Å²) in [7, 11) is 0. The molecule has 2 aromatic carbocycles. The van der Waals surface area contributed by atoms with Crippen LogP contribution in [0, 0.1) is 0 Å². The van der Waals surface area contributed by atoms with Crippen molar-refractivity contribution in [2.24, 2.45) is 0 Å². The molecule has 0 saturated carbocycles. The summed E-state index contributed by atoms with van der Waals surface area (Å²) in [6, 6.07) is 11.2. The summed E-state index contributed by atoms with van der Waals surface area (Å²) in [6.45, 7) is 0. The molecule has 1 aliphatic heterocycles. The van der Waals surface area contributed by atoms with E-state index >= 15 is 0 Å². The molecule has 3 rings (SSSR count). The number of hydrogen-bond donors (Lipinski definition) is 1. The zero-order chi connectivity index (χ0) is 14.1. The monoisotopic (exact) mass is 408 g/mol. The third-order valence-corrected chi connectivity index (χ3v) is 7.26. The van der Waals surface area contributed by atoms with Crippen molar-refractivity contribution in [3.63, 3.8) is 0 Å². The van der Waals surface area contributed by atoms with E-state index in [1.165, 1.54) is 9.14 Å². The SMILES string of the molecule is O=C(O)c1cc(Sc2ccc(Cl)cc2)c2[c](c1)[Sn][CH]=C2. The fraction of sp³-hybridized carbons (Fsp3) is 0. The van der Waals surface area contributed by atoms with Gasteiger partial charge in [0.1, 0.15) is 0 Å². The fourth-order valence-corrected chi connectivity index (χ4v) is 6.33. The summed E-state index contributed by atoms with van der Waals surface area (Å²) in [5.41, 5.74) is 1.58. The molecular weight excluding hydrogens is 398 g/mol. The summed E-state index contributed by atoms with van der Waals surface area (Å²) < 4.78 is 3.47. The second-order valence-electron chi connectivity index (χ2n) is 4.27. The van der Waals surface area contributed by atoms with Crippen LogP contribution in [0.2, 0.25) is 5.02 Å². The van der Waals surface area contributed by atoms with E-state index in [4.69, 9.17) is 11.6 Å².